The van der Waals surface area contributed by atoms with Gasteiger partial charge in [-0.05, 0) is 55.9 Å². The second-order valence-corrected chi connectivity index (χ2v) is 9.89. The van der Waals surface area contributed by atoms with Crippen molar-refractivity contribution in [2.75, 3.05) is 31.9 Å². The largest absolute Gasteiger partial charge is 0.416 e. The Hall–Kier alpha value is -3.04. The molecule has 0 spiro atoms. The monoisotopic (exact) mass is 458 g/mol. The van der Waals surface area contributed by atoms with E-state index in [-0.39, 0.29) is 17.0 Å². The number of nitrogen functional groups attached to an aromatic ring is 1. The first-order chi connectivity index (χ1) is 15.6. The van der Waals surface area contributed by atoms with Gasteiger partial charge in [0.1, 0.15) is 5.84 Å². The number of alkyl halides is 3. The van der Waals surface area contributed by atoms with Crippen LogP contribution in [0.5, 0.6) is 0 Å². The number of nitrogens with zero attached hydrogens (tertiary/aromatic N) is 4. The van der Waals surface area contributed by atoms with E-state index in [2.05, 4.69) is 20.2 Å². The highest BCUT2D eigenvalue weighted by Crippen LogP contribution is 2.65. The number of anilines is 1. The standard InChI is InChI=1S/C23H25F3N6O/c1-12(14-4-15(23(24,25)26)6-16(27)5-14)29-19-17-10-31(20(33)22-7-13(8-22)9-22)11-18(17)32-3-2-28-21(32)30-19/h4-6,12-13H,2-3,7-11,27H2,1H3,(H,28,29,30). The third-order valence-electron chi connectivity index (χ3n) is 7.62. The number of nitrogens with two attached hydrogens (primary N) is 1. The Kier molecular flexibility index (Phi) is 4.20. The summed E-state index contributed by atoms with van der Waals surface area (Å²) < 4.78 is 39.8. The van der Waals surface area contributed by atoms with Gasteiger partial charge in [0.15, 0.2) is 0 Å². The maximum Gasteiger partial charge on any atom is 0.416 e. The van der Waals surface area contributed by atoms with Crippen molar-refractivity contribution in [3.05, 3.63) is 40.6 Å². The molecule has 1 aromatic rings. The molecule has 3 saturated carbocycles. The number of aliphatic imine (C=N–C) groups is 2. The highest BCUT2D eigenvalue weighted by molar-refractivity contribution is 6.10. The highest BCUT2D eigenvalue weighted by atomic mass is 19.4. The van der Waals surface area contributed by atoms with Crippen LogP contribution >= 0.6 is 0 Å². The number of amidine groups is 1. The number of benzene rings is 1. The normalized spacial score (nSPS) is 28.4. The van der Waals surface area contributed by atoms with Gasteiger partial charge in [0.05, 0.1) is 36.7 Å². The lowest BCUT2D eigenvalue weighted by Gasteiger charge is -2.61. The molecular weight excluding hydrogens is 433 g/mol. The minimum absolute atomic E-state index is 0.0569. The first kappa shape index (κ1) is 20.6. The van der Waals surface area contributed by atoms with Gasteiger partial charge < -0.3 is 20.9 Å². The quantitative estimate of drug-likeness (QED) is 0.682. The van der Waals surface area contributed by atoms with Crippen molar-refractivity contribution in [1.29, 1.82) is 0 Å². The van der Waals surface area contributed by atoms with E-state index < -0.39 is 17.8 Å². The maximum atomic E-state index is 13.3. The SMILES string of the molecule is CC(NC1=NC2=NCCN2C2=C1CN(C(=O)C13CC(C1)C3)C2)c1cc(N)cc(C(F)(F)F)c1. The molecule has 33 heavy (non-hydrogen) atoms. The van der Waals surface area contributed by atoms with Crippen molar-refractivity contribution in [2.45, 2.75) is 38.4 Å². The summed E-state index contributed by atoms with van der Waals surface area (Å²) >= 11 is 0. The average molecular weight is 458 g/mol. The van der Waals surface area contributed by atoms with Crippen molar-refractivity contribution in [3.8, 4) is 0 Å². The number of carbonyl (C=O) groups is 1. The number of halogens is 3. The summed E-state index contributed by atoms with van der Waals surface area (Å²) in [6.45, 7) is 4.10. The number of hydrogen-bond donors (Lipinski definition) is 2. The van der Waals surface area contributed by atoms with Crippen molar-refractivity contribution in [3.63, 3.8) is 0 Å². The predicted octanol–water partition coefficient (Wildman–Crippen LogP) is 2.92. The van der Waals surface area contributed by atoms with Crippen LogP contribution in [-0.4, -0.2) is 53.7 Å². The zero-order valence-electron chi connectivity index (χ0n) is 18.2. The van der Waals surface area contributed by atoms with Gasteiger partial charge in [-0.15, -0.1) is 0 Å². The second-order valence-electron chi connectivity index (χ2n) is 9.89. The summed E-state index contributed by atoms with van der Waals surface area (Å²) in [5.41, 5.74) is 7.23. The third-order valence-corrected chi connectivity index (χ3v) is 7.62. The minimum atomic E-state index is -4.48. The highest BCUT2D eigenvalue weighted by Gasteiger charge is 2.62. The van der Waals surface area contributed by atoms with E-state index >= 15 is 0 Å². The summed E-state index contributed by atoms with van der Waals surface area (Å²) in [4.78, 5) is 26.3. The number of rotatable bonds is 3. The van der Waals surface area contributed by atoms with Crippen LogP contribution in [0.1, 0.15) is 43.4 Å². The molecule has 1 unspecified atom stereocenters. The molecule has 3 heterocycles. The van der Waals surface area contributed by atoms with Crippen molar-refractivity contribution in [1.82, 2.24) is 15.1 Å². The van der Waals surface area contributed by atoms with E-state index in [1.54, 1.807) is 6.92 Å². The molecule has 3 aliphatic heterocycles. The van der Waals surface area contributed by atoms with E-state index in [0.717, 1.165) is 55.1 Å². The molecule has 174 valence electrons. The van der Waals surface area contributed by atoms with Crippen LogP contribution in [0.2, 0.25) is 0 Å². The molecule has 1 atom stereocenters. The smallest absolute Gasteiger partial charge is 0.399 e. The van der Waals surface area contributed by atoms with Gasteiger partial charge in [0, 0.05) is 23.5 Å². The Bertz CT molecular complexity index is 1140. The molecule has 1 aromatic carbocycles. The average Bonchev–Trinajstić information content (AvgIpc) is 3.31. The van der Waals surface area contributed by atoms with Gasteiger partial charge in [0.25, 0.3) is 0 Å². The first-order valence-corrected chi connectivity index (χ1v) is 11.3. The molecular formula is C23H25F3N6O. The lowest BCUT2D eigenvalue weighted by molar-refractivity contribution is -0.175. The van der Waals surface area contributed by atoms with Crippen LogP contribution in [0.25, 0.3) is 0 Å². The summed E-state index contributed by atoms with van der Waals surface area (Å²) in [6, 6.07) is 3.11. The van der Waals surface area contributed by atoms with Crippen LogP contribution < -0.4 is 11.1 Å². The van der Waals surface area contributed by atoms with Crippen molar-refractivity contribution in [2.24, 2.45) is 21.3 Å². The minimum Gasteiger partial charge on any atom is -0.399 e. The molecule has 6 aliphatic rings. The van der Waals surface area contributed by atoms with E-state index in [9.17, 15) is 18.0 Å². The lowest BCUT2D eigenvalue weighted by Crippen LogP contribution is -2.61. The summed E-state index contributed by atoms with van der Waals surface area (Å²) in [6.07, 6.45) is -1.49. The van der Waals surface area contributed by atoms with Crippen LogP contribution in [0, 0.1) is 11.3 Å². The van der Waals surface area contributed by atoms with E-state index in [0.29, 0.717) is 37.0 Å². The fourth-order valence-electron chi connectivity index (χ4n) is 5.75. The van der Waals surface area contributed by atoms with Crippen molar-refractivity contribution >= 4 is 23.4 Å². The third kappa shape index (κ3) is 3.13. The summed E-state index contributed by atoms with van der Waals surface area (Å²) in [7, 11) is 0. The maximum absolute atomic E-state index is 13.3. The van der Waals surface area contributed by atoms with Crippen LogP contribution in [-0.2, 0) is 11.0 Å². The molecule has 3 N–H and O–H groups in total. The van der Waals surface area contributed by atoms with E-state index in [1.807, 2.05) is 4.90 Å². The predicted molar refractivity (Wildman–Crippen MR) is 117 cm³/mol. The van der Waals surface area contributed by atoms with Gasteiger partial charge in [-0.25, -0.2) is 4.99 Å². The molecule has 0 radical (unpaired) electrons. The number of carbonyl (C=O) groups excluding carboxylic acids is 1. The Balaban J connectivity index is 1.26. The van der Waals surface area contributed by atoms with Crippen LogP contribution in [0.15, 0.2) is 39.5 Å². The number of hydrogen-bond acceptors (Lipinski definition) is 6. The fraction of sp³-hybridized carbons (Fsp3) is 0.522. The lowest BCUT2D eigenvalue weighted by atomic mass is 9.44. The molecule has 10 heteroatoms. The number of guanidine groups is 1. The first-order valence-electron chi connectivity index (χ1n) is 11.3. The summed E-state index contributed by atoms with van der Waals surface area (Å²) in [5, 5.41) is 3.28. The fourth-order valence-corrected chi connectivity index (χ4v) is 5.75. The Labute approximate surface area is 189 Å². The molecule has 2 bridgehead atoms. The Morgan fingerprint density at radius 1 is 1.24 bits per heavy atom. The van der Waals surface area contributed by atoms with Crippen LogP contribution in [0.4, 0.5) is 18.9 Å². The zero-order valence-corrected chi connectivity index (χ0v) is 18.2. The Morgan fingerprint density at radius 2 is 2.00 bits per heavy atom. The molecule has 0 aromatic heterocycles. The number of amides is 1. The molecule has 7 nitrogen and oxygen atoms in total. The Morgan fingerprint density at radius 3 is 2.67 bits per heavy atom. The summed E-state index contributed by atoms with van der Waals surface area (Å²) in [5.74, 6) is 2.09. The molecule has 3 fully saturated rings. The molecule has 3 aliphatic carbocycles. The number of nitrogens with one attached hydrogen (secondary N) is 1. The van der Waals surface area contributed by atoms with Gasteiger partial charge in [-0.3, -0.25) is 4.79 Å². The van der Waals surface area contributed by atoms with Gasteiger partial charge in [0.2, 0.25) is 11.9 Å². The van der Waals surface area contributed by atoms with Gasteiger partial charge >= 0.3 is 6.18 Å². The molecule has 1 amide bonds. The van der Waals surface area contributed by atoms with E-state index in [1.165, 1.54) is 6.07 Å². The molecule has 0 saturated heterocycles. The van der Waals surface area contributed by atoms with Crippen LogP contribution in [0.3, 0.4) is 0 Å². The topological polar surface area (TPSA) is 86.3 Å². The second kappa shape index (κ2) is 6.74. The van der Waals surface area contributed by atoms with E-state index in [4.69, 9.17) is 5.73 Å². The number of fused-ring (bicyclic) bond motifs is 2. The van der Waals surface area contributed by atoms with Crippen molar-refractivity contribution < 1.29 is 18.0 Å². The molecule has 7 rings (SSSR count). The van der Waals surface area contributed by atoms with Gasteiger partial charge in [-0.2, -0.15) is 18.2 Å². The zero-order chi connectivity index (χ0) is 23.1. The van der Waals surface area contributed by atoms with Gasteiger partial charge in [-0.1, -0.05) is 0 Å².